The minimum Gasteiger partial charge on any atom is -0.504 e. The van der Waals surface area contributed by atoms with E-state index < -0.39 is 18.0 Å². The smallest absolute Gasteiger partial charge is 0.320 e. The monoisotopic (exact) mass is 577 g/mol. The molecular weight excluding hydrogens is 538 g/mol. The highest BCUT2D eigenvalue weighted by molar-refractivity contribution is 5.92. The molecule has 0 atom stereocenters. The van der Waals surface area contributed by atoms with E-state index in [1.165, 1.54) is 10.9 Å². The number of primary amides is 1. The van der Waals surface area contributed by atoms with Gasteiger partial charge in [0.15, 0.2) is 5.75 Å². The number of carbonyl (C=O) groups excluding carboxylic acids is 3. The predicted molar refractivity (Wildman–Crippen MR) is 162 cm³/mol. The van der Waals surface area contributed by atoms with Gasteiger partial charge in [-0.3, -0.25) is 10.1 Å². The Bertz CT molecular complexity index is 1430. The number of unbranched alkanes of at least 4 members (excludes halogenated alkanes) is 3. The van der Waals surface area contributed by atoms with Gasteiger partial charge in [-0.15, -0.1) is 15.0 Å². The molecule has 1 aromatic heterocycles. The Morgan fingerprint density at radius 3 is 2.14 bits per heavy atom. The molecule has 0 saturated carbocycles. The number of nitrogens with one attached hydrogen (secondary N) is 5. The quantitative estimate of drug-likeness (QED) is 0.0867. The molecule has 2 aromatic carbocycles. The van der Waals surface area contributed by atoms with Crippen LogP contribution >= 0.6 is 0 Å². The van der Waals surface area contributed by atoms with Gasteiger partial charge in [-0.1, -0.05) is 45.4 Å². The van der Waals surface area contributed by atoms with E-state index in [-0.39, 0.29) is 23.2 Å². The van der Waals surface area contributed by atoms with Crippen molar-refractivity contribution in [2.45, 2.75) is 46.5 Å². The van der Waals surface area contributed by atoms with Gasteiger partial charge in [-0.25, -0.2) is 9.59 Å². The van der Waals surface area contributed by atoms with Crippen LogP contribution in [0.25, 0.3) is 16.7 Å². The van der Waals surface area contributed by atoms with Crippen LogP contribution in [0.4, 0.5) is 15.3 Å². The number of amides is 5. The summed E-state index contributed by atoms with van der Waals surface area (Å²) < 4.78 is 0. The molecule has 13 heteroatoms. The number of nitrogens with zero attached hydrogens (tertiary/aromatic N) is 3. The number of aromatic hydroxyl groups is 1. The molecule has 3 rings (SSSR count). The van der Waals surface area contributed by atoms with Crippen LogP contribution in [-0.2, 0) is 4.79 Å². The van der Waals surface area contributed by atoms with Crippen LogP contribution in [0.15, 0.2) is 60.6 Å². The minimum atomic E-state index is -0.586. The second-order valence-corrected chi connectivity index (χ2v) is 10.1. The van der Waals surface area contributed by atoms with Crippen LogP contribution in [0.5, 0.6) is 5.75 Å². The first-order valence-corrected chi connectivity index (χ1v) is 13.8. The summed E-state index contributed by atoms with van der Waals surface area (Å²) in [5.41, 5.74) is 8.59. The number of phenols is 1. The second kappa shape index (κ2) is 15.1. The number of allylic oxidation sites excluding steroid dienone is 1. The molecule has 0 aliphatic heterocycles. The van der Waals surface area contributed by atoms with Crippen LogP contribution in [0.2, 0.25) is 0 Å². The van der Waals surface area contributed by atoms with Crippen LogP contribution < -0.4 is 32.3 Å². The third-order valence-electron chi connectivity index (χ3n) is 6.14. The fraction of sp³-hybridized carbons (Fsp3) is 0.345. The average Bonchev–Trinajstić information content (AvgIpc) is 3.35. The van der Waals surface area contributed by atoms with Crippen molar-refractivity contribution in [1.82, 2.24) is 36.3 Å². The summed E-state index contributed by atoms with van der Waals surface area (Å²) in [6, 6.07) is 9.97. The second-order valence-electron chi connectivity index (χ2n) is 10.1. The molecule has 0 fully saturated rings. The number of nitrogens with two attached hydrogens (primary N) is 1. The first-order valence-electron chi connectivity index (χ1n) is 13.8. The zero-order chi connectivity index (χ0) is 30.6. The summed E-state index contributed by atoms with van der Waals surface area (Å²) in [4.78, 5) is 37.0. The SMILES string of the molecule is C=C(NC(=O)NCCCCCCNC(=O)Nc1cc(C)cc(-n2nc3ccccc3n2)c1O)N/C(=C\C(N)=O)C(C)C. The summed E-state index contributed by atoms with van der Waals surface area (Å²) in [5, 5.41) is 33.3. The van der Waals surface area contributed by atoms with Crippen molar-refractivity contribution in [3.05, 3.63) is 66.1 Å². The number of hydrogen-bond acceptors (Lipinski definition) is 7. The number of rotatable bonds is 14. The molecule has 42 heavy (non-hydrogen) atoms. The molecule has 1 heterocycles. The fourth-order valence-corrected chi connectivity index (χ4v) is 4.04. The number of fused-ring (bicyclic) bond motifs is 1. The van der Waals surface area contributed by atoms with Crippen molar-refractivity contribution in [2.24, 2.45) is 11.7 Å². The Morgan fingerprint density at radius 2 is 1.57 bits per heavy atom. The zero-order valence-electron chi connectivity index (χ0n) is 24.2. The van der Waals surface area contributed by atoms with Crippen molar-refractivity contribution in [1.29, 1.82) is 0 Å². The Morgan fingerprint density at radius 1 is 0.976 bits per heavy atom. The molecule has 0 aliphatic carbocycles. The van der Waals surface area contributed by atoms with Crippen molar-refractivity contribution >= 4 is 34.7 Å². The Labute approximate surface area is 244 Å². The lowest BCUT2D eigenvalue weighted by Gasteiger charge is -2.17. The topological polar surface area (TPSA) is 188 Å². The number of carbonyl (C=O) groups is 3. The van der Waals surface area contributed by atoms with E-state index in [1.807, 2.05) is 45.0 Å². The fourth-order valence-electron chi connectivity index (χ4n) is 4.04. The zero-order valence-corrected chi connectivity index (χ0v) is 24.2. The highest BCUT2D eigenvalue weighted by atomic mass is 16.3. The van der Waals surface area contributed by atoms with Gasteiger partial charge in [0.25, 0.3) is 0 Å². The first kappa shape index (κ1) is 31.5. The van der Waals surface area contributed by atoms with Gasteiger partial charge in [0, 0.05) is 24.9 Å². The van der Waals surface area contributed by atoms with E-state index in [9.17, 15) is 19.5 Å². The molecule has 13 nitrogen and oxygen atoms in total. The third kappa shape index (κ3) is 9.54. The number of benzene rings is 2. The average molecular weight is 578 g/mol. The molecule has 3 aromatic rings. The molecule has 5 amide bonds. The Balaban J connectivity index is 1.34. The minimum absolute atomic E-state index is 0.00585. The molecule has 0 unspecified atom stereocenters. The van der Waals surface area contributed by atoms with Crippen LogP contribution in [0.3, 0.4) is 0 Å². The largest absolute Gasteiger partial charge is 0.504 e. The molecular formula is C29H39N9O4. The maximum Gasteiger partial charge on any atom is 0.320 e. The van der Waals surface area contributed by atoms with Crippen LogP contribution in [0.1, 0.15) is 45.1 Å². The first-order chi connectivity index (χ1) is 20.0. The van der Waals surface area contributed by atoms with E-state index in [0.717, 1.165) is 31.2 Å². The van der Waals surface area contributed by atoms with E-state index >= 15 is 0 Å². The molecule has 0 saturated heterocycles. The highest BCUT2D eigenvalue weighted by Crippen LogP contribution is 2.32. The van der Waals surface area contributed by atoms with E-state index in [4.69, 9.17) is 5.73 Å². The van der Waals surface area contributed by atoms with Gasteiger partial charge >= 0.3 is 12.1 Å². The number of aryl methyl sites for hydroxylation is 1. The maximum absolute atomic E-state index is 12.5. The predicted octanol–water partition coefficient (Wildman–Crippen LogP) is 3.50. The lowest BCUT2D eigenvalue weighted by Crippen LogP contribution is -2.39. The van der Waals surface area contributed by atoms with Gasteiger partial charge in [-0.2, -0.15) is 0 Å². The third-order valence-corrected chi connectivity index (χ3v) is 6.14. The van der Waals surface area contributed by atoms with Gasteiger partial charge in [-0.05, 0) is 55.5 Å². The van der Waals surface area contributed by atoms with E-state index in [0.29, 0.717) is 35.5 Å². The lowest BCUT2D eigenvalue weighted by atomic mass is 10.1. The summed E-state index contributed by atoms with van der Waals surface area (Å²) in [5.74, 6) is -0.486. The lowest BCUT2D eigenvalue weighted by molar-refractivity contribution is -0.113. The molecule has 0 bridgehead atoms. The highest BCUT2D eigenvalue weighted by Gasteiger charge is 2.15. The maximum atomic E-state index is 12.5. The van der Waals surface area contributed by atoms with Crippen molar-refractivity contribution < 1.29 is 19.5 Å². The number of hydrogen-bond donors (Lipinski definition) is 7. The van der Waals surface area contributed by atoms with Crippen molar-refractivity contribution in [3.8, 4) is 11.4 Å². The van der Waals surface area contributed by atoms with E-state index in [2.05, 4.69) is 43.4 Å². The number of urea groups is 2. The Hall–Kier alpha value is -5.07. The van der Waals surface area contributed by atoms with Gasteiger partial charge in [0.2, 0.25) is 5.91 Å². The van der Waals surface area contributed by atoms with Gasteiger partial charge < -0.3 is 32.1 Å². The standard InChI is InChI=1S/C29H39N9O4/c1-18(2)23(17-26(30)39)33-20(4)34-28(41)31-13-9-5-6-10-14-32-29(42)35-24-15-19(3)16-25(27(24)40)38-36-21-11-7-8-12-22(21)37-38/h7-8,11-12,15-18,33,40H,4-6,9-10,13-14H2,1-3H3,(H2,30,39)(H2,31,34,41)(H2,32,35,42)/b23-17-. The van der Waals surface area contributed by atoms with Crippen LogP contribution in [-0.4, -0.2) is 51.2 Å². The van der Waals surface area contributed by atoms with Gasteiger partial charge in [0.1, 0.15) is 22.5 Å². The Kier molecular flexibility index (Phi) is 11.3. The summed E-state index contributed by atoms with van der Waals surface area (Å²) >= 11 is 0. The summed E-state index contributed by atoms with van der Waals surface area (Å²) in [6.45, 7) is 10.3. The van der Waals surface area contributed by atoms with Gasteiger partial charge in [0.05, 0.1) is 5.69 Å². The molecule has 0 radical (unpaired) electrons. The summed E-state index contributed by atoms with van der Waals surface area (Å²) in [7, 11) is 0. The van der Waals surface area contributed by atoms with Crippen molar-refractivity contribution in [2.75, 3.05) is 18.4 Å². The molecule has 0 spiro atoms. The van der Waals surface area contributed by atoms with E-state index in [1.54, 1.807) is 12.1 Å². The van der Waals surface area contributed by atoms with Crippen LogP contribution in [0, 0.1) is 12.8 Å². The summed E-state index contributed by atoms with van der Waals surface area (Å²) in [6.07, 6.45) is 4.48. The number of phenolic OH excluding ortho intramolecular Hbond substituents is 1. The molecule has 8 N–H and O–H groups in total. The normalized spacial score (nSPS) is 11.3. The number of aromatic nitrogens is 3. The number of anilines is 1. The molecule has 224 valence electrons. The molecule has 0 aliphatic rings. The van der Waals surface area contributed by atoms with Crippen molar-refractivity contribution in [3.63, 3.8) is 0 Å².